The molecule has 2 rings (SSSR count). The van der Waals surface area contributed by atoms with Crippen LogP contribution in [0.25, 0.3) is 0 Å². The van der Waals surface area contributed by atoms with Gasteiger partial charge in [0.2, 0.25) is 5.91 Å². The number of carbonyl (C=O) groups is 1. The highest BCUT2D eigenvalue weighted by molar-refractivity contribution is 5.80. The van der Waals surface area contributed by atoms with Gasteiger partial charge in [0.15, 0.2) is 0 Å². The molecule has 0 unspecified atom stereocenters. The van der Waals surface area contributed by atoms with Gasteiger partial charge >= 0.3 is 0 Å². The predicted octanol–water partition coefficient (Wildman–Crippen LogP) is 1.64. The van der Waals surface area contributed by atoms with Gasteiger partial charge in [-0.1, -0.05) is 30.3 Å². The first-order chi connectivity index (χ1) is 9.66. The van der Waals surface area contributed by atoms with Gasteiger partial charge in [0, 0.05) is 13.2 Å². The van der Waals surface area contributed by atoms with Crippen LogP contribution in [-0.2, 0) is 29.7 Å². The van der Waals surface area contributed by atoms with Gasteiger partial charge < -0.3 is 10.1 Å². The minimum absolute atomic E-state index is 0.123. The number of amides is 1. The first-order valence-corrected chi connectivity index (χ1v) is 6.57. The van der Waals surface area contributed by atoms with Crippen LogP contribution in [0.2, 0.25) is 0 Å². The lowest BCUT2D eigenvalue weighted by molar-refractivity contribution is -0.132. The molecule has 1 aromatic carbocycles. The second-order valence-corrected chi connectivity index (χ2v) is 4.60. The van der Waals surface area contributed by atoms with Crippen LogP contribution in [0.1, 0.15) is 18.2 Å². The summed E-state index contributed by atoms with van der Waals surface area (Å²) in [5.74, 6) is -0.123. The molecular formula is C15H19N3O2. The number of rotatable bonds is 6. The molecule has 0 aliphatic heterocycles. The van der Waals surface area contributed by atoms with Crippen LogP contribution in [-0.4, -0.2) is 21.8 Å². The van der Waals surface area contributed by atoms with Crippen molar-refractivity contribution in [2.24, 2.45) is 7.05 Å². The van der Waals surface area contributed by atoms with E-state index in [0.717, 1.165) is 11.3 Å². The normalized spacial score (nSPS) is 12.1. The Hall–Kier alpha value is -2.14. The average molecular weight is 273 g/mol. The maximum atomic E-state index is 11.9. The number of benzene rings is 1. The summed E-state index contributed by atoms with van der Waals surface area (Å²) in [6.45, 7) is 2.64. The van der Waals surface area contributed by atoms with Gasteiger partial charge in [-0.2, -0.15) is 5.10 Å². The van der Waals surface area contributed by atoms with Crippen LogP contribution in [0.15, 0.2) is 42.6 Å². The highest BCUT2D eigenvalue weighted by Crippen LogP contribution is 2.04. The largest absolute Gasteiger partial charge is 0.364 e. The fraction of sp³-hybridized carbons (Fsp3) is 0.333. The molecule has 0 saturated heterocycles. The van der Waals surface area contributed by atoms with Crippen molar-refractivity contribution in [2.45, 2.75) is 26.2 Å². The van der Waals surface area contributed by atoms with Gasteiger partial charge in [0.25, 0.3) is 0 Å². The minimum atomic E-state index is -0.483. The maximum Gasteiger partial charge on any atom is 0.249 e. The molecule has 1 heterocycles. The van der Waals surface area contributed by atoms with Gasteiger partial charge in [-0.15, -0.1) is 0 Å². The van der Waals surface area contributed by atoms with E-state index in [-0.39, 0.29) is 5.91 Å². The summed E-state index contributed by atoms with van der Waals surface area (Å²) in [5, 5.41) is 6.89. The van der Waals surface area contributed by atoms with E-state index in [2.05, 4.69) is 10.4 Å². The topological polar surface area (TPSA) is 56.1 Å². The van der Waals surface area contributed by atoms with Crippen LogP contribution >= 0.6 is 0 Å². The summed E-state index contributed by atoms with van der Waals surface area (Å²) in [5.41, 5.74) is 2.01. The molecule has 1 atom stereocenters. The molecule has 0 aliphatic rings. The van der Waals surface area contributed by atoms with E-state index in [9.17, 15) is 4.79 Å². The molecule has 20 heavy (non-hydrogen) atoms. The lowest BCUT2D eigenvalue weighted by atomic mass is 10.2. The molecule has 0 aliphatic carbocycles. The Morgan fingerprint density at radius 3 is 2.75 bits per heavy atom. The van der Waals surface area contributed by atoms with Crippen molar-refractivity contribution >= 4 is 5.91 Å². The van der Waals surface area contributed by atoms with E-state index in [4.69, 9.17) is 4.74 Å². The van der Waals surface area contributed by atoms with Gasteiger partial charge in [0.1, 0.15) is 6.10 Å². The third kappa shape index (κ3) is 3.93. The van der Waals surface area contributed by atoms with E-state index in [1.54, 1.807) is 17.8 Å². The SMILES string of the molecule is C[C@@H](OCc1ccccc1)C(=O)NCc1ccnn1C. The van der Waals surface area contributed by atoms with Crippen LogP contribution < -0.4 is 5.32 Å². The summed E-state index contributed by atoms with van der Waals surface area (Å²) in [7, 11) is 1.84. The van der Waals surface area contributed by atoms with Gasteiger partial charge in [0.05, 0.1) is 18.8 Å². The number of aryl methyl sites for hydroxylation is 1. The van der Waals surface area contributed by atoms with E-state index in [1.807, 2.05) is 43.4 Å². The summed E-state index contributed by atoms with van der Waals surface area (Å²) in [4.78, 5) is 11.9. The van der Waals surface area contributed by atoms with E-state index in [0.29, 0.717) is 13.2 Å². The van der Waals surface area contributed by atoms with Crippen molar-refractivity contribution in [1.29, 1.82) is 0 Å². The Kier molecular flexibility index (Phi) is 4.90. The molecule has 106 valence electrons. The zero-order chi connectivity index (χ0) is 14.4. The fourth-order valence-electron chi connectivity index (χ4n) is 1.77. The van der Waals surface area contributed by atoms with Crippen molar-refractivity contribution in [3.8, 4) is 0 Å². The Morgan fingerprint density at radius 2 is 2.10 bits per heavy atom. The molecule has 0 saturated carbocycles. The molecule has 0 radical (unpaired) electrons. The number of aromatic nitrogens is 2. The standard InChI is InChI=1S/C15H19N3O2/c1-12(20-11-13-6-4-3-5-7-13)15(19)16-10-14-8-9-17-18(14)2/h3-9,12H,10-11H2,1-2H3,(H,16,19)/t12-/m1/s1. The molecule has 1 aromatic heterocycles. The van der Waals surface area contributed by atoms with Crippen molar-refractivity contribution in [2.75, 3.05) is 0 Å². The van der Waals surface area contributed by atoms with E-state index >= 15 is 0 Å². The van der Waals surface area contributed by atoms with Crippen LogP contribution in [0.3, 0.4) is 0 Å². The third-order valence-electron chi connectivity index (χ3n) is 3.08. The maximum absolute atomic E-state index is 11.9. The van der Waals surface area contributed by atoms with E-state index in [1.165, 1.54) is 0 Å². The molecule has 1 N–H and O–H groups in total. The summed E-state index contributed by atoms with van der Waals surface area (Å²) >= 11 is 0. The molecule has 0 fully saturated rings. The Bertz CT molecular complexity index is 551. The Balaban J connectivity index is 1.76. The molecular weight excluding hydrogens is 254 g/mol. The summed E-state index contributed by atoms with van der Waals surface area (Å²) < 4.78 is 7.29. The summed E-state index contributed by atoms with van der Waals surface area (Å²) in [6.07, 6.45) is 1.22. The third-order valence-corrected chi connectivity index (χ3v) is 3.08. The molecule has 0 spiro atoms. The molecule has 5 heteroatoms. The Morgan fingerprint density at radius 1 is 1.35 bits per heavy atom. The zero-order valence-corrected chi connectivity index (χ0v) is 11.7. The molecule has 5 nitrogen and oxygen atoms in total. The number of nitrogens with one attached hydrogen (secondary N) is 1. The van der Waals surface area contributed by atoms with Gasteiger partial charge in [-0.05, 0) is 18.6 Å². The number of ether oxygens (including phenoxy) is 1. The number of hydrogen-bond donors (Lipinski definition) is 1. The number of hydrogen-bond acceptors (Lipinski definition) is 3. The quantitative estimate of drug-likeness (QED) is 0.870. The summed E-state index contributed by atoms with van der Waals surface area (Å²) in [6, 6.07) is 11.7. The molecule has 2 aromatic rings. The first-order valence-electron chi connectivity index (χ1n) is 6.57. The Labute approximate surface area is 118 Å². The fourth-order valence-corrected chi connectivity index (χ4v) is 1.77. The van der Waals surface area contributed by atoms with Crippen LogP contribution in [0.4, 0.5) is 0 Å². The molecule has 0 bridgehead atoms. The molecule has 1 amide bonds. The van der Waals surface area contributed by atoms with Crippen LogP contribution in [0.5, 0.6) is 0 Å². The van der Waals surface area contributed by atoms with Crippen molar-refractivity contribution in [1.82, 2.24) is 15.1 Å². The van der Waals surface area contributed by atoms with Gasteiger partial charge in [-0.25, -0.2) is 0 Å². The predicted molar refractivity (Wildman–Crippen MR) is 75.7 cm³/mol. The number of carbonyl (C=O) groups excluding carboxylic acids is 1. The second kappa shape index (κ2) is 6.86. The monoisotopic (exact) mass is 273 g/mol. The van der Waals surface area contributed by atoms with Crippen molar-refractivity contribution in [3.05, 3.63) is 53.9 Å². The average Bonchev–Trinajstić information content (AvgIpc) is 2.88. The lowest BCUT2D eigenvalue weighted by Crippen LogP contribution is -2.34. The van der Waals surface area contributed by atoms with Crippen molar-refractivity contribution in [3.63, 3.8) is 0 Å². The highest BCUT2D eigenvalue weighted by Gasteiger charge is 2.13. The second-order valence-electron chi connectivity index (χ2n) is 4.60. The highest BCUT2D eigenvalue weighted by atomic mass is 16.5. The van der Waals surface area contributed by atoms with Crippen molar-refractivity contribution < 1.29 is 9.53 Å². The minimum Gasteiger partial charge on any atom is -0.364 e. The smallest absolute Gasteiger partial charge is 0.249 e. The van der Waals surface area contributed by atoms with Gasteiger partial charge in [-0.3, -0.25) is 9.48 Å². The number of nitrogens with zero attached hydrogens (tertiary/aromatic N) is 2. The zero-order valence-electron chi connectivity index (χ0n) is 11.7. The first kappa shape index (κ1) is 14.3. The lowest BCUT2D eigenvalue weighted by Gasteiger charge is -2.13. The van der Waals surface area contributed by atoms with Crippen LogP contribution in [0, 0.1) is 0 Å². The van der Waals surface area contributed by atoms with E-state index < -0.39 is 6.10 Å².